The molecule has 0 spiro atoms. The number of rotatable bonds is 4. The summed E-state index contributed by atoms with van der Waals surface area (Å²) < 4.78 is 5.11. The molecule has 0 amide bonds. The molecule has 2 rings (SSSR count). The lowest BCUT2D eigenvalue weighted by Crippen LogP contribution is -2.40. The van der Waals surface area contributed by atoms with Gasteiger partial charge in [-0.25, -0.2) is 0 Å². The molecule has 1 aliphatic carbocycles. The van der Waals surface area contributed by atoms with Crippen molar-refractivity contribution in [2.45, 2.75) is 37.2 Å². The number of benzene rings is 1. The van der Waals surface area contributed by atoms with Gasteiger partial charge in [0.1, 0.15) is 0 Å². The fourth-order valence-electron chi connectivity index (χ4n) is 2.91. The van der Waals surface area contributed by atoms with Crippen molar-refractivity contribution in [2.24, 2.45) is 0 Å². The van der Waals surface area contributed by atoms with Crippen LogP contribution in [-0.4, -0.2) is 24.9 Å². The summed E-state index contributed by atoms with van der Waals surface area (Å²) in [5, 5.41) is 10.3. The van der Waals surface area contributed by atoms with Crippen molar-refractivity contribution in [1.82, 2.24) is 0 Å². The molecule has 0 heterocycles. The average molecular weight is 220 g/mol. The third-order valence-corrected chi connectivity index (χ3v) is 3.81. The number of aliphatic hydroxyl groups excluding tert-OH is 1. The largest absolute Gasteiger partial charge is 0.390 e. The van der Waals surface area contributed by atoms with Gasteiger partial charge in [0.05, 0.1) is 12.7 Å². The van der Waals surface area contributed by atoms with Crippen LogP contribution in [0.2, 0.25) is 0 Å². The summed E-state index contributed by atoms with van der Waals surface area (Å²) in [5.41, 5.74) is 1.19. The Balaban J connectivity index is 2.28. The van der Waals surface area contributed by atoms with Crippen molar-refractivity contribution in [1.29, 1.82) is 0 Å². The monoisotopic (exact) mass is 220 g/mol. The van der Waals surface area contributed by atoms with Gasteiger partial charge in [-0.1, -0.05) is 43.2 Å². The second kappa shape index (κ2) is 4.98. The van der Waals surface area contributed by atoms with E-state index in [0.717, 1.165) is 12.8 Å². The molecule has 0 saturated heterocycles. The zero-order chi connectivity index (χ0) is 11.4. The molecule has 0 radical (unpaired) electrons. The summed E-state index contributed by atoms with van der Waals surface area (Å²) in [5.74, 6) is 0. The highest BCUT2D eigenvalue weighted by Gasteiger charge is 2.41. The van der Waals surface area contributed by atoms with Crippen LogP contribution in [-0.2, 0) is 10.2 Å². The molecule has 1 unspecified atom stereocenters. The molecule has 2 heteroatoms. The third-order valence-electron chi connectivity index (χ3n) is 3.81. The highest BCUT2D eigenvalue weighted by atomic mass is 16.5. The van der Waals surface area contributed by atoms with Crippen molar-refractivity contribution in [2.75, 3.05) is 13.7 Å². The highest BCUT2D eigenvalue weighted by molar-refractivity contribution is 5.28. The van der Waals surface area contributed by atoms with Crippen LogP contribution in [0.25, 0.3) is 0 Å². The maximum Gasteiger partial charge on any atom is 0.0869 e. The average Bonchev–Trinajstić information content (AvgIpc) is 2.81. The lowest BCUT2D eigenvalue weighted by atomic mass is 9.74. The molecule has 1 aliphatic rings. The summed E-state index contributed by atoms with van der Waals surface area (Å²) in [6.07, 6.45) is 4.16. The standard InChI is InChI=1S/C14H20O2/c1-16-11-13(15)14(9-5-6-10-14)12-7-3-2-4-8-12/h2-4,7-8,13,15H,5-6,9-11H2,1H3. The van der Waals surface area contributed by atoms with Crippen molar-refractivity contribution < 1.29 is 9.84 Å². The van der Waals surface area contributed by atoms with Gasteiger partial charge >= 0.3 is 0 Å². The molecule has 2 nitrogen and oxygen atoms in total. The summed E-state index contributed by atoms with van der Waals surface area (Å²) in [6.45, 7) is 0.425. The summed E-state index contributed by atoms with van der Waals surface area (Å²) in [4.78, 5) is 0. The minimum atomic E-state index is -0.387. The van der Waals surface area contributed by atoms with Crippen molar-refractivity contribution in [3.8, 4) is 0 Å². The maximum atomic E-state index is 10.3. The number of methoxy groups -OCH3 is 1. The van der Waals surface area contributed by atoms with Gasteiger partial charge in [0, 0.05) is 12.5 Å². The lowest BCUT2D eigenvalue weighted by Gasteiger charge is -2.34. The smallest absolute Gasteiger partial charge is 0.0869 e. The summed E-state index contributed by atoms with van der Waals surface area (Å²) in [6, 6.07) is 10.4. The molecule has 16 heavy (non-hydrogen) atoms. The van der Waals surface area contributed by atoms with Gasteiger partial charge < -0.3 is 9.84 Å². The van der Waals surface area contributed by atoms with Gasteiger partial charge in [0.15, 0.2) is 0 Å². The van der Waals surface area contributed by atoms with Gasteiger partial charge in [0.25, 0.3) is 0 Å². The zero-order valence-corrected chi connectivity index (χ0v) is 9.86. The topological polar surface area (TPSA) is 29.5 Å². The van der Waals surface area contributed by atoms with Crippen LogP contribution >= 0.6 is 0 Å². The van der Waals surface area contributed by atoms with Gasteiger partial charge in [-0.2, -0.15) is 0 Å². The number of ether oxygens (including phenoxy) is 1. The van der Waals surface area contributed by atoms with Gasteiger partial charge in [-0.15, -0.1) is 0 Å². The Labute approximate surface area is 97.3 Å². The van der Waals surface area contributed by atoms with Crippen LogP contribution < -0.4 is 0 Å². The summed E-state index contributed by atoms with van der Waals surface area (Å²) in [7, 11) is 1.65. The first-order valence-corrected chi connectivity index (χ1v) is 6.02. The highest BCUT2D eigenvalue weighted by Crippen LogP contribution is 2.43. The van der Waals surface area contributed by atoms with Crippen LogP contribution in [0.5, 0.6) is 0 Å². The third kappa shape index (κ3) is 2.00. The predicted octanol–water partition coefficient (Wildman–Crippen LogP) is 2.51. The molecular weight excluding hydrogens is 200 g/mol. The first-order chi connectivity index (χ1) is 7.79. The second-order valence-corrected chi connectivity index (χ2v) is 4.70. The summed E-state index contributed by atoms with van der Waals surface area (Å²) >= 11 is 0. The number of hydrogen-bond acceptors (Lipinski definition) is 2. The van der Waals surface area contributed by atoms with Gasteiger partial charge in [-0.3, -0.25) is 0 Å². The fraction of sp³-hybridized carbons (Fsp3) is 0.571. The Morgan fingerprint density at radius 2 is 1.88 bits per heavy atom. The fourth-order valence-corrected chi connectivity index (χ4v) is 2.91. The van der Waals surface area contributed by atoms with Crippen LogP contribution in [0.15, 0.2) is 30.3 Å². The molecule has 0 aromatic heterocycles. The van der Waals surface area contributed by atoms with E-state index in [1.54, 1.807) is 7.11 Å². The SMILES string of the molecule is COCC(O)C1(c2ccccc2)CCCC1. The van der Waals surface area contributed by atoms with E-state index in [4.69, 9.17) is 4.74 Å². The minimum Gasteiger partial charge on any atom is -0.390 e. The molecule has 1 N–H and O–H groups in total. The van der Waals surface area contributed by atoms with E-state index in [2.05, 4.69) is 24.3 Å². The predicted molar refractivity (Wildman–Crippen MR) is 64.5 cm³/mol. The number of hydrogen-bond donors (Lipinski definition) is 1. The second-order valence-electron chi connectivity index (χ2n) is 4.70. The maximum absolute atomic E-state index is 10.3. The van der Waals surface area contributed by atoms with E-state index >= 15 is 0 Å². The molecule has 1 fully saturated rings. The van der Waals surface area contributed by atoms with Crippen LogP contribution in [0.3, 0.4) is 0 Å². The van der Waals surface area contributed by atoms with Gasteiger partial charge in [-0.05, 0) is 18.4 Å². The van der Waals surface area contributed by atoms with E-state index in [1.807, 2.05) is 6.07 Å². The Bertz CT molecular complexity index is 315. The first kappa shape index (κ1) is 11.6. The van der Waals surface area contributed by atoms with Crippen molar-refractivity contribution >= 4 is 0 Å². The molecule has 1 atom stereocenters. The van der Waals surface area contributed by atoms with Crippen LogP contribution in [0, 0.1) is 0 Å². The molecule has 88 valence electrons. The van der Waals surface area contributed by atoms with Gasteiger partial charge in [0.2, 0.25) is 0 Å². The normalized spacial score (nSPS) is 20.9. The Hall–Kier alpha value is -0.860. The Morgan fingerprint density at radius 1 is 1.25 bits per heavy atom. The molecule has 1 aromatic rings. The molecular formula is C14H20O2. The molecule has 1 aromatic carbocycles. The minimum absolute atomic E-state index is 0.0722. The van der Waals surface area contributed by atoms with Crippen molar-refractivity contribution in [3.05, 3.63) is 35.9 Å². The Morgan fingerprint density at radius 3 is 2.44 bits per heavy atom. The van der Waals surface area contributed by atoms with E-state index < -0.39 is 0 Å². The molecule has 0 aliphatic heterocycles. The Kier molecular flexibility index (Phi) is 3.62. The van der Waals surface area contributed by atoms with E-state index in [1.165, 1.54) is 18.4 Å². The quantitative estimate of drug-likeness (QED) is 0.844. The zero-order valence-electron chi connectivity index (χ0n) is 9.86. The molecule has 1 saturated carbocycles. The van der Waals surface area contributed by atoms with E-state index in [9.17, 15) is 5.11 Å². The molecule has 0 bridgehead atoms. The van der Waals surface area contributed by atoms with E-state index in [0.29, 0.717) is 6.61 Å². The number of aliphatic hydroxyl groups is 1. The van der Waals surface area contributed by atoms with E-state index in [-0.39, 0.29) is 11.5 Å². The van der Waals surface area contributed by atoms with Crippen molar-refractivity contribution in [3.63, 3.8) is 0 Å². The van der Waals surface area contributed by atoms with Crippen LogP contribution in [0.4, 0.5) is 0 Å². The first-order valence-electron chi connectivity index (χ1n) is 6.02. The lowest BCUT2D eigenvalue weighted by molar-refractivity contribution is 0.00964. The van der Waals surface area contributed by atoms with Crippen LogP contribution in [0.1, 0.15) is 31.2 Å².